The van der Waals surface area contributed by atoms with Gasteiger partial charge >= 0.3 is 0 Å². The lowest BCUT2D eigenvalue weighted by molar-refractivity contribution is -0.120. The van der Waals surface area contributed by atoms with E-state index in [1.54, 1.807) is 18.7 Å². The molecule has 7 heteroatoms. The lowest BCUT2D eigenvalue weighted by Crippen LogP contribution is -2.27. The van der Waals surface area contributed by atoms with Crippen LogP contribution in [0.5, 0.6) is 0 Å². The van der Waals surface area contributed by atoms with E-state index >= 15 is 0 Å². The number of nitrogens with zero attached hydrogens (tertiary/aromatic N) is 1. The number of H-pyrrole nitrogens is 1. The molecule has 2 aromatic rings. The largest absolute Gasteiger partial charge is 0.355 e. The van der Waals surface area contributed by atoms with Gasteiger partial charge in [-0.25, -0.2) is 4.98 Å². The summed E-state index contributed by atoms with van der Waals surface area (Å²) in [7, 11) is 0. The summed E-state index contributed by atoms with van der Waals surface area (Å²) in [5.74, 6) is 0.774. The molecule has 0 aliphatic heterocycles. The molecule has 0 spiro atoms. The van der Waals surface area contributed by atoms with Crippen LogP contribution in [-0.4, -0.2) is 34.4 Å². The van der Waals surface area contributed by atoms with E-state index in [1.165, 1.54) is 22.2 Å². The molecular formula is C18H23N3O2S2. The lowest BCUT2D eigenvalue weighted by atomic mass is 10.1. The number of hydrogen-bond donors (Lipinski definition) is 2. The van der Waals surface area contributed by atoms with Gasteiger partial charge in [-0.2, -0.15) is 0 Å². The van der Waals surface area contributed by atoms with Gasteiger partial charge in [0.2, 0.25) is 5.91 Å². The van der Waals surface area contributed by atoms with Crippen molar-refractivity contribution in [1.82, 2.24) is 15.3 Å². The highest BCUT2D eigenvalue weighted by Gasteiger charge is 2.10. The minimum Gasteiger partial charge on any atom is -0.355 e. The number of aryl methyl sites for hydroxylation is 2. The number of hydrogen-bond acceptors (Lipinski definition) is 5. The molecule has 2 N–H and O–H groups in total. The third-order valence-corrected chi connectivity index (χ3v) is 5.30. The first kappa shape index (κ1) is 19.6. The summed E-state index contributed by atoms with van der Waals surface area (Å²) in [6, 6.07) is 8.33. The van der Waals surface area contributed by atoms with Crippen LogP contribution >= 0.6 is 23.5 Å². The Morgan fingerprint density at radius 3 is 2.60 bits per heavy atom. The van der Waals surface area contributed by atoms with E-state index < -0.39 is 0 Å². The fraction of sp³-hybridized carbons (Fsp3) is 0.389. The Hall–Kier alpha value is -1.73. The first-order valence-electron chi connectivity index (χ1n) is 8.09. The molecule has 2 rings (SSSR count). The molecule has 0 unspecified atom stereocenters. The molecule has 0 saturated carbocycles. The van der Waals surface area contributed by atoms with Crippen LogP contribution in [0.15, 0.2) is 39.1 Å². The van der Waals surface area contributed by atoms with Gasteiger partial charge in [-0.15, -0.1) is 11.8 Å². The highest BCUT2D eigenvalue weighted by Crippen LogP contribution is 2.17. The van der Waals surface area contributed by atoms with Gasteiger partial charge in [-0.3, -0.25) is 9.59 Å². The normalized spacial score (nSPS) is 10.7. The summed E-state index contributed by atoms with van der Waals surface area (Å²) < 4.78 is 0. The van der Waals surface area contributed by atoms with E-state index in [0.717, 1.165) is 5.75 Å². The van der Waals surface area contributed by atoms with Crippen molar-refractivity contribution in [3.8, 4) is 0 Å². The van der Waals surface area contributed by atoms with Gasteiger partial charge in [0.25, 0.3) is 5.56 Å². The molecule has 134 valence electrons. The summed E-state index contributed by atoms with van der Waals surface area (Å²) in [6.45, 7) is 4.47. The number of aromatic amines is 1. The number of carbonyl (C=O) groups is 1. The van der Waals surface area contributed by atoms with Gasteiger partial charge in [0, 0.05) is 34.9 Å². The predicted molar refractivity (Wildman–Crippen MR) is 105 cm³/mol. The molecule has 1 heterocycles. The summed E-state index contributed by atoms with van der Waals surface area (Å²) in [5, 5.41) is 3.50. The average Bonchev–Trinajstić information content (AvgIpc) is 2.59. The van der Waals surface area contributed by atoms with Crippen molar-refractivity contribution in [2.45, 2.75) is 36.7 Å². The number of thioether (sulfide) groups is 2. The molecule has 0 aliphatic carbocycles. The molecule has 1 aromatic carbocycles. The quantitative estimate of drug-likeness (QED) is 0.420. The first-order valence-corrected chi connectivity index (χ1v) is 10.3. The van der Waals surface area contributed by atoms with Crippen LogP contribution in [0, 0.1) is 13.8 Å². The Bertz CT molecular complexity index is 773. The van der Waals surface area contributed by atoms with Gasteiger partial charge < -0.3 is 10.3 Å². The predicted octanol–water partition coefficient (Wildman–Crippen LogP) is 2.95. The summed E-state index contributed by atoms with van der Waals surface area (Å²) in [4.78, 5) is 32.2. The van der Waals surface area contributed by atoms with Crippen LogP contribution in [0.4, 0.5) is 0 Å². The maximum absolute atomic E-state index is 12.0. The van der Waals surface area contributed by atoms with Crippen molar-refractivity contribution in [2.75, 3.05) is 18.6 Å². The van der Waals surface area contributed by atoms with E-state index in [2.05, 4.69) is 46.5 Å². The number of carbonyl (C=O) groups excluding carboxylic acids is 1. The third-order valence-electron chi connectivity index (χ3n) is 3.71. The van der Waals surface area contributed by atoms with Crippen LogP contribution in [0.1, 0.15) is 23.2 Å². The number of rotatable bonds is 8. The monoisotopic (exact) mass is 377 g/mol. The number of benzene rings is 1. The second kappa shape index (κ2) is 9.68. The fourth-order valence-corrected chi connectivity index (χ4v) is 3.49. The Morgan fingerprint density at radius 2 is 1.96 bits per heavy atom. The zero-order valence-corrected chi connectivity index (χ0v) is 16.4. The summed E-state index contributed by atoms with van der Waals surface area (Å²) in [6.07, 6.45) is 2.55. The number of amides is 1. The molecule has 0 saturated heterocycles. The van der Waals surface area contributed by atoms with Crippen LogP contribution in [0.2, 0.25) is 0 Å². The molecule has 0 fully saturated rings. The Kier molecular flexibility index (Phi) is 7.58. The average molecular weight is 378 g/mol. The molecule has 25 heavy (non-hydrogen) atoms. The Labute approximate surface area is 156 Å². The second-order valence-corrected chi connectivity index (χ2v) is 7.61. The van der Waals surface area contributed by atoms with Gasteiger partial charge in [-0.1, -0.05) is 29.5 Å². The maximum atomic E-state index is 12.0. The molecule has 1 amide bonds. The van der Waals surface area contributed by atoms with Crippen molar-refractivity contribution in [2.24, 2.45) is 0 Å². The highest BCUT2D eigenvalue weighted by molar-refractivity contribution is 7.99. The zero-order chi connectivity index (χ0) is 18.2. The van der Waals surface area contributed by atoms with E-state index in [0.29, 0.717) is 35.8 Å². The Balaban J connectivity index is 1.74. The van der Waals surface area contributed by atoms with Gasteiger partial charge in [-0.05, 0) is 38.7 Å². The van der Waals surface area contributed by atoms with Gasteiger partial charge in [0.15, 0.2) is 5.16 Å². The fourth-order valence-electron chi connectivity index (χ4n) is 2.30. The molecular weight excluding hydrogens is 354 g/mol. The molecule has 1 aromatic heterocycles. The molecule has 0 radical (unpaired) electrons. The van der Waals surface area contributed by atoms with Crippen LogP contribution in [0.25, 0.3) is 0 Å². The first-order chi connectivity index (χ1) is 12.0. The number of nitrogens with one attached hydrogen (secondary N) is 2. The standard InChI is InChI=1S/C18H23N3O2S2/c1-12-4-6-14(7-5-12)25-11-10-19-16(22)9-8-15-13(2)20-18(24-3)21-17(15)23/h4-7H,8-11H2,1-3H3,(H,19,22)(H,20,21,23). The van der Waals surface area contributed by atoms with Crippen molar-refractivity contribution in [3.05, 3.63) is 51.4 Å². The van der Waals surface area contributed by atoms with Crippen molar-refractivity contribution < 1.29 is 4.79 Å². The summed E-state index contributed by atoms with van der Waals surface area (Å²) >= 11 is 3.11. The zero-order valence-electron chi connectivity index (χ0n) is 14.7. The van der Waals surface area contributed by atoms with Crippen molar-refractivity contribution >= 4 is 29.4 Å². The molecule has 5 nitrogen and oxygen atoms in total. The van der Waals surface area contributed by atoms with Gasteiger partial charge in [0.1, 0.15) is 0 Å². The lowest BCUT2D eigenvalue weighted by Gasteiger charge is -2.07. The van der Waals surface area contributed by atoms with Crippen molar-refractivity contribution in [3.63, 3.8) is 0 Å². The summed E-state index contributed by atoms with van der Waals surface area (Å²) in [5.41, 5.74) is 2.36. The van der Waals surface area contributed by atoms with E-state index in [9.17, 15) is 9.59 Å². The van der Waals surface area contributed by atoms with Crippen LogP contribution in [-0.2, 0) is 11.2 Å². The van der Waals surface area contributed by atoms with E-state index in [-0.39, 0.29) is 11.5 Å². The maximum Gasteiger partial charge on any atom is 0.254 e. The van der Waals surface area contributed by atoms with Crippen molar-refractivity contribution in [1.29, 1.82) is 0 Å². The Morgan fingerprint density at radius 1 is 1.24 bits per heavy atom. The molecule has 0 bridgehead atoms. The smallest absolute Gasteiger partial charge is 0.254 e. The van der Waals surface area contributed by atoms with E-state index in [4.69, 9.17) is 0 Å². The second-order valence-electron chi connectivity index (χ2n) is 5.65. The van der Waals surface area contributed by atoms with Crippen LogP contribution in [0.3, 0.4) is 0 Å². The van der Waals surface area contributed by atoms with E-state index in [1.807, 2.05) is 6.26 Å². The minimum atomic E-state index is -0.153. The molecule has 0 aliphatic rings. The third kappa shape index (κ3) is 6.25. The number of aromatic nitrogens is 2. The molecule has 0 atom stereocenters. The minimum absolute atomic E-state index is 0.0442. The SMILES string of the molecule is CSc1nc(C)c(CCC(=O)NCCSc2ccc(C)cc2)c(=O)[nH]1. The van der Waals surface area contributed by atoms with Gasteiger partial charge in [0.05, 0.1) is 0 Å². The van der Waals surface area contributed by atoms with Crippen LogP contribution < -0.4 is 10.9 Å². The highest BCUT2D eigenvalue weighted by atomic mass is 32.2. The topological polar surface area (TPSA) is 74.8 Å².